The third kappa shape index (κ3) is 4.29. The second-order valence-corrected chi connectivity index (χ2v) is 8.31. The van der Waals surface area contributed by atoms with E-state index >= 15 is 0 Å². The molecule has 4 nitrogen and oxygen atoms in total. The molecule has 0 aromatic heterocycles. The van der Waals surface area contributed by atoms with Gasteiger partial charge in [0.15, 0.2) is 5.96 Å². The van der Waals surface area contributed by atoms with Crippen molar-refractivity contribution in [2.75, 3.05) is 52.1 Å². The third-order valence-corrected chi connectivity index (χ3v) is 5.60. The van der Waals surface area contributed by atoms with E-state index in [0.29, 0.717) is 4.75 Å². The van der Waals surface area contributed by atoms with Gasteiger partial charge in [-0.15, -0.1) is 0 Å². The monoisotopic (exact) mass is 298 g/mol. The van der Waals surface area contributed by atoms with Gasteiger partial charge in [0.2, 0.25) is 0 Å². The summed E-state index contributed by atoms with van der Waals surface area (Å²) in [5.74, 6) is 3.06. The van der Waals surface area contributed by atoms with Crippen LogP contribution in [0.4, 0.5) is 0 Å². The van der Waals surface area contributed by atoms with E-state index in [1.807, 2.05) is 7.05 Å². The summed E-state index contributed by atoms with van der Waals surface area (Å²) in [6, 6.07) is 0. The molecule has 2 aliphatic heterocycles. The van der Waals surface area contributed by atoms with Crippen molar-refractivity contribution in [2.45, 2.75) is 31.9 Å². The van der Waals surface area contributed by atoms with Crippen molar-refractivity contribution in [1.82, 2.24) is 15.1 Å². The first-order valence-electron chi connectivity index (χ1n) is 7.86. The Labute approximate surface area is 128 Å². The van der Waals surface area contributed by atoms with E-state index in [9.17, 15) is 0 Å². The average Bonchev–Trinajstić information content (AvgIpc) is 2.86. The lowest BCUT2D eigenvalue weighted by Crippen LogP contribution is -2.51. The number of hydrogen-bond donors (Lipinski definition) is 1. The van der Waals surface area contributed by atoms with Gasteiger partial charge in [-0.3, -0.25) is 4.99 Å². The Morgan fingerprint density at radius 1 is 1.40 bits per heavy atom. The number of nitrogens with one attached hydrogen (secondary N) is 1. The fraction of sp³-hybridized carbons (Fsp3) is 0.933. The summed E-state index contributed by atoms with van der Waals surface area (Å²) >= 11 is 2.07. The molecule has 2 rings (SSSR count). The lowest BCUT2D eigenvalue weighted by atomic mass is 10.1. The second-order valence-electron chi connectivity index (χ2n) is 6.51. The van der Waals surface area contributed by atoms with Crippen molar-refractivity contribution in [1.29, 1.82) is 0 Å². The molecule has 2 fully saturated rings. The Morgan fingerprint density at radius 2 is 2.20 bits per heavy atom. The van der Waals surface area contributed by atoms with Gasteiger partial charge >= 0.3 is 0 Å². The largest absolute Gasteiger partial charge is 0.356 e. The molecule has 1 unspecified atom stereocenters. The summed E-state index contributed by atoms with van der Waals surface area (Å²) in [7, 11) is 1.91. The standard InChI is InChI=1S/C15H30N4S/c1-5-18-7-6-13(11-18)10-17-14(16-4)19-8-9-20-15(2,3)12-19/h13H,5-12H2,1-4H3,(H,16,17). The highest BCUT2D eigenvalue weighted by molar-refractivity contribution is 8.00. The summed E-state index contributed by atoms with van der Waals surface area (Å²) in [5, 5.41) is 3.60. The van der Waals surface area contributed by atoms with Crippen LogP contribution in [-0.4, -0.2) is 72.6 Å². The molecule has 2 aliphatic rings. The molecule has 20 heavy (non-hydrogen) atoms. The van der Waals surface area contributed by atoms with Crippen LogP contribution >= 0.6 is 11.8 Å². The van der Waals surface area contributed by atoms with Gasteiger partial charge in [0, 0.05) is 43.7 Å². The molecule has 0 spiro atoms. The average molecular weight is 299 g/mol. The lowest BCUT2D eigenvalue weighted by Gasteiger charge is -2.39. The van der Waals surface area contributed by atoms with Crippen LogP contribution in [0.1, 0.15) is 27.2 Å². The molecule has 0 amide bonds. The summed E-state index contributed by atoms with van der Waals surface area (Å²) in [6.07, 6.45) is 1.32. The zero-order valence-corrected chi connectivity index (χ0v) is 14.3. The van der Waals surface area contributed by atoms with Crippen LogP contribution in [0.15, 0.2) is 4.99 Å². The van der Waals surface area contributed by atoms with Crippen molar-refractivity contribution in [3.63, 3.8) is 0 Å². The molecule has 1 N–H and O–H groups in total. The van der Waals surface area contributed by atoms with Crippen LogP contribution in [0, 0.1) is 5.92 Å². The van der Waals surface area contributed by atoms with Gasteiger partial charge in [0.25, 0.3) is 0 Å². The minimum absolute atomic E-state index is 0.336. The van der Waals surface area contributed by atoms with E-state index in [0.717, 1.165) is 31.5 Å². The van der Waals surface area contributed by atoms with Crippen molar-refractivity contribution in [3.05, 3.63) is 0 Å². The van der Waals surface area contributed by atoms with Crippen molar-refractivity contribution < 1.29 is 0 Å². The first-order chi connectivity index (χ1) is 9.54. The summed E-state index contributed by atoms with van der Waals surface area (Å²) in [6.45, 7) is 13.8. The van der Waals surface area contributed by atoms with Gasteiger partial charge in [0.05, 0.1) is 0 Å². The fourth-order valence-corrected chi connectivity index (χ4v) is 4.24. The second kappa shape index (κ2) is 7.03. The number of aliphatic imine (C=N–C) groups is 1. The molecule has 1 atom stereocenters. The maximum absolute atomic E-state index is 4.49. The number of likely N-dealkylation sites (tertiary alicyclic amines) is 1. The number of nitrogens with zero attached hydrogens (tertiary/aromatic N) is 3. The van der Waals surface area contributed by atoms with E-state index < -0.39 is 0 Å². The smallest absolute Gasteiger partial charge is 0.193 e. The predicted octanol–water partition coefficient (Wildman–Crippen LogP) is 1.73. The van der Waals surface area contributed by atoms with E-state index in [1.165, 1.54) is 31.8 Å². The zero-order valence-electron chi connectivity index (χ0n) is 13.5. The van der Waals surface area contributed by atoms with E-state index in [-0.39, 0.29) is 0 Å². The van der Waals surface area contributed by atoms with Gasteiger partial charge in [-0.25, -0.2) is 0 Å². The molecule has 0 aromatic rings. The first-order valence-corrected chi connectivity index (χ1v) is 8.84. The van der Waals surface area contributed by atoms with Gasteiger partial charge in [-0.05, 0) is 39.3 Å². The Balaban J connectivity index is 1.81. The number of hydrogen-bond acceptors (Lipinski definition) is 3. The van der Waals surface area contributed by atoms with Gasteiger partial charge in [-0.2, -0.15) is 11.8 Å². The lowest BCUT2D eigenvalue weighted by molar-refractivity contribution is 0.338. The third-order valence-electron chi connectivity index (χ3n) is 4.30. The SMILES string of the molecule is CCN1CCC(CNC(=NC)N2CCSC(C)(C)C2)C1. The maximum atomic E-state index is 4.49. The summed E-state index contributed by atoms with van der Waals surface area (Å²) < 4.78 is 0.336. The highest BCUT2D eigenvalue weighted by Crippen LogP contribution is 2.29. The Hall–Kier alpha value is -0.420. The highest BCUT2D eigenvalue weighted by Gasteiger charge is 2.29. The topological polar surface area (TPSA) is 30.9 Å². The fourth-order valence-electron chi connectivity index (χ4n) is 3.13. The normalized spacial score (nSPS) is 27.9. The van der Waals surface area contributed by atoms with Crippen LogP contribution in [0.3, 0.4) is 0 Å². The Morgan fingerprint density at radius 3 is 2.80 bits per heavy atom. The minimum Gasteiger partial charge on any atom is -0.356 e. The van der Waals surface area contributed by atoms with Crippen molar-refractivity contribution in [2.24, 2.45) is 10.9 Å². The zero-order chi connectivity index (χ0) is 14.6. The quantitative estimate of drug-likeness (QED) is 0.635. The molecule has 5 heteroatoms. The summed E-state index contributed by atoms with van der Waals surface area (Å²) in [5.41, 5.74) is 0. The van der Waals surface area contributed by atoms with Crippen LogP contribution in [0.25, 0.3) is 0 Å². The van der Waals surface area contributed by atoms with Crippen molar-refractivity contribution >= 4 is 17.7 Å². The van der Waals surface area contributed by atoms with Crippen LogP contribution in [-0.2, 0) is 0 Å². The number of rotatable bonds is 3. The van der Waals surface area contributed by atoms with Gasteiger partial charge in [-0.1, -0.05) is 6.92 Å². The number of guanidine groups is 1. The number of thioether (sulfide) groups is 1. The maximum Gasteiger partial charge on any atom is 0.193 e. The van der Waals surface area contributed by atoms with E-state index in [4.69, 9.17) is 0 Å². The minimum atomic E-state index is 0.336. The molecular formula is C15H30N4S. The molecule has 0 aliphatic carbocycles. The molecule has 0 radical (unpaired) electrons. The molecule has 116 valence electrons. The van der Waals surface area contributed by atoms with E-state index in [1.54, 1.807) is 0 Å². The molecular weight excluding hydrogens is 268 g/mol. The molecule has 0 saturated carbocycles. The Bertz CT molecular complexity index is 343. The van der Waals surface area contributed by atoms with E-state index in [2.05, 4.69) is 52.6 Å². The van der Waals surface area contributed by atoms with Crippen LogP contribution in [0.5, 0.6) is 0 Å². The molecule has 2 saturated heterocycles. The molecule has 2 heterocycles. The highest BCUT2D eigenvalue weighted by atomic mass is 32.2. The van der Waals surface area contributed by atoms with Crippen LogP contribution < -0.4 is 5.32 Å². The molecule has 0 aromatic carbocycles. The van der Waals surface area contributed by atoms with Crippen LogP contribution in [0.2, 0.25) is 0 Å². The van der Waals surface area contributed by atoms with Gasteiger partial charge < -0.3 is 15.1 Å². The molecule has 0 bridgehead atoms. The first kappa shape index (κ1) is 16.0. The Kier molecular flexibility index (Phi) is 5.61. The van der Waals surface area contributed by atoms with Gasteiger partial charge in [0.1, 0.15) is 0 Å². The predicted molar refractivity (Wildman–Crippen MR) is 89.7 cm³/mol. The summed E-state index contributed by atoms with van der Waals surface area (Å²) in [4.78, 5) is 9.44. The van der Waals surface area contributed by atoms with Crippen molar-refractivity contribution in [3.8, 4) is 0 Å².